The fraction of sp³-hybridized carbons (Fsp3) is 0.214. The van der Waals surface area contributed by atoms with Crippen LogP contribution in [-0.2, 0) is 0 Å². The molecule has 0 atom stereocenters. The first-order valence-electron chi connectivity index (χ1n) is 6.00. The fourth-order valence-electron chi connectivity index (χ4n) is 1.92. The molecule has 0 N–H and O–H groups in total. The van der Waals surface area contributed by atoms with Crippen molar-refractivity contribution in [1.29, 1.82) is 0 Å². The summed E-state index contributed by atoms with van der Waals surface area (Å²) in [5, 5.41) is 1.04. The largest absolute Gasteiger partial charge is 0.290 e. The molecule has 0 spiro atoms. The van der Waals surface area contributed by atoms with Crippen molar-refractivity contribution in [1.82, 2.24) is 19.5 Å². The summed E-state index contributed by atoms with van der Waals surface area (Å²) in [4.78, 5) is 13.3. The third kappa shape index (κ3) is 1.76. The van der Waals surface area contributed by atoms with Crippen molar-refractivity contribution < 1.29 is 0 Å². The van der Waals surface area contributed by atoms with Gasteiger partial charge in [-0.2, -0.15) is 0 Å². The van der Waals surface area contributed by atoms with Crippen LogP contribution in [0.3, 0.4) is 0 Å². The van der Waals surface area contributed by atoms with Crippen molar-refractivity contribution in [2.75, 3.05) is 0 Å². The fourth-order valence-corrected chi connectivity index (χ4v) is 1.92. The van der Waals surface area contributed by atoms with Crippen LogP contribution in [0.2, 0.25) is 0 Å². The molecule has 18 heavy (non-hydrogen) atoms. The molecule has 0 saturated heterocycles. The molecule has 0 aliphatic carbocycles. The number of aromatic nitrogens is 4. The van der Waals surface area contributed by atoms with Gasteiger partial charge in [-0.15, -0.1) is 0 Å². The summed E-state index contributed by atoms with van der Waals surface area (Å²) in [5.74, 6) is 2.05. The Labute approximate surface area is 105 Å². The number of hydrogen-bond donors (Lipinski definition) is 0. The minimum absolute atomic E-state index is 0.303. The van der Waals surface area contributed by atoms with E-state index in [0.29, 0.717) is 5.92 Å². The van der Waals surface area contributed by atoms with Crippen LogP contribution in [0, 0.1) is 0 Å². The molecule has 0 aliphatic rings. The van der Waals surface area contributed by atoms with Crippen molar-refractivity contribution >= 4 is 10.9 Å². The molecule has 2 aromatic heterocycles. The summed E-state index contributed by atoms with van der Waals surface area (Å²) in [7, 11) is 0. The maximum atomic E-state index is 4.65. The number of nitrogens with zero attached hydrogens (tertiary/aromatic N) is 4. The van der Waals surface area contributed by atoms with E-state index in [1.807, 2.05) is 35.0 Å². The normalized spacial score (nSPS) is 11.3. The van der Waals surface area contributed by atoms with Gasteiger partial charge in [-0.1, -0.05) is 26.0 Å². The van der Waals surface area contributed by atoms with Gasteiger partial charge in [0.1, 0.15) is 18.0 Å². The highest BCUT2D eigenvalue weighted by Gasteiger charge is 2.10. The van der Waals surface area contributed by atoms with Crippen molar-refractivity contribution in [3.8, 4) is 5.82 Å². The Hall–Kier alpha value is -2.23. The smallest absolute Gasteiger partial charge is 0.149 e. The van der Waals surface area contributed by atoms with E-state index in [2.05, 4.69) is 28.8 Å². The molecule has 0 aliphatic heterocycles. The van der Waals surface area contributed by atoms with E-state index in [9.17, 15) is 0 Å². The molecule has 0 radical (unpaired) electrons. The molecule has 3 rings (SSSR count). The van der Waals surface area contributed by atoms with E-state index in [4.69, 9.17) is 0 Å². The Bertz CT molecular complexity index is 671. The Morgan fingerprint density at radius 2 is 1.94 bits per heavy atom. The zero-order valence-corrected chi connectivity index (χ0v) is 10.4. The van der Waals surface area contributed by atoms with Crippen LogP contribution in [0.15, 0.2) is 43.0 Å². The summed E-state index contributed by atoms with van der Waals surface area (Å²) >= 11 is 0. The molecule has 4 nitrogen and oxygen atoms in total. The number of para-hydroxylation sites is 1. The molecule has 0 fully saturated rings. The molecule has 0 saturated carbocycles. The molecule has 3 aromatic rings. The topological polar surface area (TPSA) is 43.6 Å². The number of imidazole rings is 1. The highest BCUT2D eigenvalue weighted by Crippen LogP contribution is 2.21. The molecule has 2 heterocycles. The highest BCUT2D eigenvalue weighted by molar-refractivity contribution is 5.85. The van der Waals surface area contributed by atoms with Gasteiger partial charge in [0, 0.05) is 23.7 Å². The van der Waals surface area contributed by atoms with Gasteiger partial charge in [-0.05, 0) is 12.1 Å². The van der Waals surface area contributed by atoms with E-state index in [1.54, 1.807) is 12.5 Å². The van der Waals surface area contributed by atoms with Gasteiger partial charge >= 0.3 is 0 Å². The minimum atomic E-state index is 0.303. The zero-order chi connectivity index (χ0) is 12.5. The van der Waals surface area contributed by atoms with Crippen molar-refractivity contribution in [2.45, 2.75) is 19.8 Å². The quantitative estimate of drug-likeness (QED) is 0.689. The Morgan fingerprint density at radius 3 is 2.67 bits per heavy atom. The number of fused-ring (bicyclic) bond motifs is 1. The van der Waals surface area contributed by atoms with E-state index in [0.717, 1.165) is 22.5 Å². The Morgan fingerprint density at radius 1 is 1.11 bits per heavy atom. The Balaban J connectivity index is 2.34. The lowest BCUT2D eigenvalue weighted by Gasteiger charge is -2.10. The van der Waals surface area contributed by atoms with Gasteiger partial charge in [0.2, 0.25) is 0 Å². The maximum absolute atomic E-state index is 4.65. The first-order valence-corrected chi connectivity index (χ1v) is 6.00. The van der Waals surface area contributed by atoms with Crippen LogP contribution in [0.5, 0.6) is 0 Å². The molecule has 1 aromatic carbocycles. The van der Waals surface area contributed by atoms with E-state index in [-0.39, 0.29) is 0 Å². The molecular weight excluding hydrogens is 224 g/mol. The summed E-state index contributed by atoms with van der Waals surface area (Å²) < 4.78 is 1.93. The number of benzene rings is 1. The molecular formula is C14H14N4. The van der Waals surface area contributed by atoms with Crippen LogP contribution in [0.1, 0.15) is 25.6 Å². The third-order valence-electron chi connectivity index (χ3n) is 2.87. The van der Waals surface area contributed by atoms with Gasteiger partial charge in [-0.3, -0.25) is 4.57 Å². The molecule has 0 unspecified atom stereocenters. The monoisotopic (exact) mass is 238 g/mol. The average Bonchev–Trinajstić information content (AvgIpc) is 2.91. The summed E-state index contributed by atoms with van der Waals surface area (Å²) in [6.45, 7) is 4.20. The Kier molecular flexibility index (Phi) is 2.55. The second-order valence-corrected chi connectivity index (χ2v) is 4.55. The molecule has 0 amide bonds. The van der Waals surface area contributed by atoms with Crippen LogP contribution in [-0.4, -0.2) is 19.5 Å². The number of rotatable bonds is 2. The van der Waals surface area contributed by atoms with Gasteiger partial charge in [0.15, 0.2) is 0 Å². The predicted octanol–water partition coefficient (Wildman–Crippen LogP) is 2.94. The third-order valence-corrected chi connectivity index (χ3v) is 2.87. The molecule has 90 valence electrons. The first kappa shape index (κ1) is 10.9. The maximum Gasteiger partial charge on any atom is 0.149 e. The van der Waals surface area contributed by atoms with Crippen LogP contribution < -0.4 is 0 Å². The number of hydrogen-bond acceptors (Lipinski definition) is 3. The lowest BCUT2D eigenvalue weighted by atomic mass is 10.1. The second-order valence-electron chi connectivity index (χ2n) is 4.55. The summed E-state index contributed by atoms with van der Waals surface area (Å²) in [5.41, 5.74) is 0.972. The average molecular weight is 238 g/mol. The van der Waals surface area contributed by atoms with Gasteiger partial charge in [-0.25, -0.2) is 15.0 Å². The lowest BCUT2D eigenvalue weighted by Crippen LogP contribution is -2.04. The van der Waals surface area contributed by atoms with E-state index in [1.165, 1.54) is 0 Å². The van der Waals surface area contributed by atoms with Gasteiger partial charge < -0.3 is 0 Å². The van der Waals surface area contributed by atoms with Crippen molar-refractivity contribution in [3.63, 3.8) is 0 Å². The van der Waals surface area contributed by atoms with Crippen molar-refractivity contribution in [2.24, 2.45) is 0 Å². The van der Waals surface area contributed by atoms with Crippen molar-refractivity contribution in [3.05, 3.63) is 48.8 Å². The molecule has 4 heteroatoms. The second kappa shape index (κ2) is 4.22. The standard InChI is InChI=1S/C14H14N4/c1-10(2)13-16-12-6-4-3-5-11(12)14(17-13)18-8-7-15-9-18/h3-10H,1-2H3. The predicted molar refractivity (Wildman–Crippen MR) is 70.7 cm³/mol. The minimum Gasteiger partial charge on any atom is -0.290 e. The van der Waals surface area contributed by atoms with E-state index < -0.39 is 0 Å². The van der Waals surface area contributed by atoms with Crippen LogP contribution in [0.25, 0.3) is 16.7 Å². The van der Waals surface area contributed by atoms with Gasteiger partial charge in [0.25, 0.3) is 0 Å². The van der Waals surface area contributed by atoms with Gasteiger partial charge in [0.05, 0.1) is 5.52 Å². The highest BCUT2D eigenvalue weighted by atomic mass is 15.1. The summed E-state index contributed by atoms with van der Waals surface area (Å²) in [6, 6.07) is 8.05. The van der Waals surface area contributed by atoms with Crippen LogP contribution in [0.4, 0.5) is 0 Å². The molecule has 0 bridgehead atoms. The van der Waals surface area contributed by atoms with E-state index >= 15 is 0 Å². The summed E-state index contributed by atoms with van der Waals surface area (Å²) in [6.07, 6.45) is 5.42. The zero-order valence-electron chi connectivity index (χ0n) is 10.4. The first-order chi connectivity index (χ1) is 8.75. The SMILES string of the molecule is CC(C)c1nc(-n2ccnc2)c2ccccc2n1. The lowest BCUT2D eigenvalue weighted by molar-refractivity contribution is 0.772. The van der Waals surface area contributed by atoms with Crippen LogP contribution >= 0.6 is 0 Å².